The fourth-order valence-corrected chi connectivity index (χ4v) is 1.85. The van der Waals surface area contributed by atoms with Gasteiger partial charge in [0.1, 0.15) is 11.6 Å². The molecule has 5 nitrogen and oxygen atoms in total. The second-order valence-corrected chi connectivity index (χ2v) is 4.08. The van der Waals surface area contributed by atoms with Crippen molar-refractivity contribution in [2.45, 2.75) is 0 Å². The van der Waals surface area contributed by atoms with Gasteiger partial charge in [-0.25, -0.2) is 0 Å². The molecule has 0 saturated heterocycles. The molecule has 0 unspecified atom stereocenters. The maximum absolute atomic E-state index is 10.8. The highest BCUT2D eigenvalue weighted by atomic mass is 16.3. The van der Waals surface area contributed by atoms with E-state index in [-0.39, 0.29) is 11.6 Å². The number of nitrogens with two attached hydrogens (primary N) is 2. The molecule has 2 aromatic rings. The Labute approximate surface area is 109 Å². The molecule has 0 saturated carbocycles. The number of phenols is 1. The number of amidine groups is 1. The zero-order valence-electron chi connectivity index (χ0n) is 10.1. The summed E-state index contributed by atoms with van der Waals surface area (Å²) in [6.07, 6.45) is 2.65. The van der Waals surface area contributed by atoms with E-state index in [1.54, 1.807) is 24.3 Å². The number of hydrogen-bond acceptors (Lipinski definition) is 3. The Kier molecular flexibility index (Phi) is 3.20. The number of aromatic hydroxyl groups is 1. The van der Waals surface area contributed by atoms with Gasteiger partial charge in [0.2, 0.25) is 5.91 Å². The highest BCUT2D eigenvalue weighted by molar-refractivity contribution is 6.02. The molecule has 0 bridgehead atoms. The predicted octanol–water partition coefficient (Wildman–Crippen LogP) is 1.33. The van der Waals surface area contributed by atoms with Gasteiger partial charge in [0.25, 0.3) is 0 Å². The van der Waals surface area contributed by atoms with E-state index < -0.39 is 5.91 Å². The number of fused-ring (bicyclic) bond motifs is 1. The van der Waals surface area contributed by atoms with Crippen LogP contribution >= 0.6 is 0 Å². The predicted molar refractivity (Wildman–Crippen MR) is 74.9 cm³/mol. The van der Waals surface area contributed by atoms with Gasteiger partial charge >= 0.3 is 0 Å². The normalized spacial score (nSPS) is 10.9. The fourth-order valence-electron chi connectivity index (χ4n) is 1.85. The SMILES string of the molecule is N=C(N)c1ccc2c(/C=C/C(N)=O)c(O)ccc2c1. The first-order valence-corrected chi connectivity index (χ1v) is 5.56. The van der Waals surface area contributed by atoms with Crippen molar-refractivity contribution in [2.24, 2.45) is 11.5 Å². The van der Waals surface area contributed by atoms with Crippen LogP contribution in [0, 0.1) is 5.41 Å². The van der Waals surface area contributed by atoms with Crippen LogP contribution in [0.5, 0.6) is 5.75 Å². The van der Waals surface area contributed by atoms with Crippen molar-refractivity contribution in [2.75, 3.05) is 0 Å². The first-order chi connectivity index (χ1) is 8.99. The third-order valence-electron chi connectivity index (χ3n) is 2.76. The minimum absolute atomic E-state index is 0.0239. The first kappa shape index (κ1) is 12.6. The van der Waals surface area contributed by atoms with Crippen molar-refractivity contribution >= 4 is 28.6 Å². The number of nitrogens with one attached hydrogen (secondary N) is 1. The first-order valence-electron chi connectivity index (χ1n) is 5.56. The highest BCUT2D eigenvalue weighted by Gasteiger charge is 2.06. The Morgan fingerprint density at radius 2 is 1.95 bits per heavy atom. The zero-order chi connectivity index (χ0) is 14.0. The summed E-state index contributed by atoms with van der Waals surface area (Å²) in [5.74, 6) is -0.554. The molecular weight excluding hydrogens is 242 g/mol. The molecule has 2 aromatic carbocycles. The van der Waals surface area contributed by atoms with Crippen LogP contribution in [0.4, 0.5) is 0 Å². The zero-order valence-corrected chi connectivity index (χ0v) is 10.1. The summed E-state index contributed by atoms with van der Waals surface area (Å²) in [5, 5.41) is 18.8. The molecule has 0 aliphatic rings. The van der Waals surface area contributed by atoms with Crippen LogP contribution in [0.15, 0.2) is 36.4 Å². The molecule has 0 aromatic heterocycles. The Morgan fingerprint density at radius 1 is 1.21 bits per heavy atom. The molecule has 96 valence electrons. The van der Waals surface area contributed by atoms with Crippen LogP contribution in [0.25, 0.3) is 16.8 Å². The molecular formula is C14H13N3O2. The molecule has 5 heteroatoms. The van der Waals surface area contributed by atoms with E-state index in [0.29, 0.717) is 11.1 Å². The lowest BCUT2D eigenvalue weighted by Gasteiger charge is -2.07. The number of amides is 1. The van der Waals surface area contributed by atoms with Crippen LogP contribution in [-0.2, 0) is 4.79 Å². The fraction of sp³-hybridized carbons (Fsp3) is 0. The highest BCUT2D eigenvalue weighted by Crippen LogP contribution is 2.29. The summed E-state index contributed by atoms with van der Waals surface area (Å²) in [6, 6.07) is 8.42. The van der Waals surface area contributed by atoms with E-state index in [1.165, 1.54) is 18.2 Å². The summed E-state index contributed by atoms with van der Waals surface area (Å²) in [5.41, 5.74) is 11.6. The Balaban J connectivity index is 2.66. The topological polar surface area (TPSA) is 113 Å². The van der Waals surface area contributed by atoms with Gasteiger partial charge in [-0.15, -0.1) is 0 Å². The number of benzene rings is 2. The lowest BCUT2D eigenvalue weighted by Crippen LogP contribution is -2.10. The van der Waals surface area contributed by atoms with Crippen LogP contribution in [0.1, 0.15) is 11.1 Å². The van der Waals surface area contributed by atoms with Crippen molar-refractivity contribution in [1.29, 1.82) is 5.41 Å². The summed E-state index contributed by atoms with van der Waals surface area (Å²) in [6.45, 7) is 0. The lowest BCUT2D eigenvalue weighted by atomic mass is 10.0. The van der Waals surface area contributed by atoms with Gasteiger partial charge in [-0.05, 0) is 29.0 Å². The van der Waals surface area contributed by atoms with E-state index in [0.717, 1.165) is 10.8 Å². The molecule has 0 heterocycles. The maximum atomic E-state index is 10.8. The van der Waals surface area contributed by atoms with Crippen LogP contribution in [-0.4, -0.2) is 16.8 Å². The molecule has 0 spiro atoms. The minimum Gasteiger partial charge on any atom is -0.507 e. The summed E-state index contributed by atoms with van der Waals surface area (Å²) < 4.78 is 0. The number of phenolic OH excluding ortho intramolecular Hbond substituents is 1. The number of carbonyl (C=O) groups excluding carboxylic acids is 1. The number of rotatable bonds is 3. The average Bonchev–Trinajstić information content (AvgIpc) is 2.36. The molecule has 0 aliphatic carbocycles. The van der Waals surface area contributed by atoms with Crippen molar-refractivity contribution in [3.63, 3.8) is 0 Å². The third-order valence-corrected chi connectivity index (χ3v) is 2.76. The number of nitrogen functional groups attached to an aromatic ring is 1. The largest absolute Gasteiger partial charge is 0.507 e. The van der Waals surface area contributed by atoms with Crippen molar-refractivity contribution in [3.05, 3.63) is 47.5 Å². The van der Waals surface area contributed by atoms with E-state index in [4.69, 9.17) is 16.9 Å². The maximum Gasteiger partial charge on any atom is 0.241 e. The number of hydrogen-bond donors (Lipinski definition) is 4. The van der Waals surface area contributed by atoms with Crippen molar-refractivity contribution in [1.82, 2.24) is 0 Å². The van der Waals surface area contributed by atoms with Gasteiger partial charge in [0.15, 0.2) is 0 Å². The average molecular weight is 255 g/mol. The van der Waals surface area contributed by atoms with Gasteiger partial charge in [0, 0.05) is 17.2 Å². The molecule has 19 heavy (non-hydrogen) atoms. The van der Waals surface area contributed by atoms with Gasteiger partial charge in [-0.2, -0.15) is 0 Å². The molecule has 0 radical (unpaired) electrons. The molecule has 0 fully saturated rings. The summed E-state index contributed by atoms with van der Waals surface area (Å²) in [7, 11) is 0. The van der Waals surface area contributed by atoms with E-state index in [2.05, 4.69) is 0 Å². The van der Waals surface area contributed by atoms with Crippen molar-refractivity contribution < 1.29 is 9.90 Å². The molecule has 0 atom stereocenters. The second-order valence-electron chi connectivity index (χ2n) is 4.08. The van der Waals surface area contributed by atoms with E-state index >= 15 is 0 Å². The molecule has 0 aliphatic heterocycles. The van der Waals surface area contributed by atoms with E-state index in [9.17, 15) is 9.90 Å². The van der Waals surface area contributed by atoms with Gasteiger partial charge in [-0.3, -0.25) is 10.2 Å². The quantitative estimate of drug-likeness (QED) is 0.377. The minimum atomic E-state index is -0.586. The van der Waals surface area contributed by atoms with E-state index in [1.807, 2.05) is 0 Å². The van der Waals surface area contributed by atoms with Crippen molar-refractivity contribution in [3.8, 4) is 5.75 Å². The van der Waals surface area contributed by atoms with Crippen LogP contribution < -0.4 is 11.5 Å². The van der Waals surface area contributed by atoms with Gasteiger partial charge in [-0.1, -0.05) is 18.2 Å². The van der Waals surface area contributed by atoms with Crippen LogP contribution in [0.2, 0.25) is 0 Å². The Hall–Kier alpha value is -2.82. The smallest absolute Gasteiger partial charge is 0.241 e. The second kappa shape index (κ2) is 4.81. The number of carbonyl (C=O) groups is 1. The standard InChI is InChI=1S/C14H13N3O2/c15-13(19)6-4-11-10-3-1-9(14(16)17)7-8(10)2-5-12(11)18/h1-7,18H,(H2,15,19)(H3,16,17)/b6-4+. The monoisotopic (exact) mass is 255 g/mol. The molecule has 2 rings (SSSR count). The van der Waals surface area contributed by atoms with Gasteiger partial charge in [0.05, 0.1) is 0 Å². The third kappa shape index (κ3) is 2.55. The Morgan fingerprint density at radius 3 is 2.58 bits per heavy atom. The Bertz CT molecular complexity index is 705. The van der Waals surface area contributed by atoms with Gasteiger partial charge < -0.3 is 16.6 Å². The number of primary amides is 1. The lowest BCUT2D eigenvalue weighted by molar-refractivity contribution is -0.113. The summed E-state index contributed by atoms with van der Waals surface area (Å²) >= 11 is 0. The molecule has 6 N–H and O–H groups in total. The summed E-state index contributed by atoms with van der Waals surface area (Å²) in [4.78, 5) is 10.8. The van der Waals surface area contributed by atoms with Crippen LogP contribution in [0.3, 0.4) is 0 Å². The molecule has 1 amide bonds.